The van der Waals surface area contributed by atoms with E-state index in [0.29, 0.717) is 12.2 Å². The molecule has 1 N–H and O–H groups in total. The minimum absolute atomic E-state index is 0.585. The summed E-state index contributed by atoms with van der Waals surface area (Å²) in [7, 11) is 0. The molecule has 0 saturated heterocycles. The van der Waals surface area contributed by atoms with Gasteiger partial charge in [0.15, 0.2) is 6.29 Å². The Bertz CT molecular complexity index is 529. The van der Waals surface area contributed by atoms with Gasteiger partial charge in [0.05, 0.1) is 0 Å². The van der Waals surface area contributed by atoms with Crippen LogP contribution < -0.4 is 4.74 Å². The fourth-order valence-corrected chi connectivity index (χ4v) is 1.84. The van der Waals surface area contributed by atoms with Gasteiger partial charge in [0.1, 0.15) is 5.75 Å². The third kappa shape index (κ3) is 4.56. The molecule has 0 heterocycles. The molecule has 0 aromatic heterocycles. The Hall–Kier alpha value is -2.06. The summed E-state index contributed by atoms with van der Waals surface area (Å²) in [5.41, 5.74) is 2.43. The van der Waals surface area contributed by atoms with Crippen molar-refractivity contribution in [3.8, 4) is 5.75 Å². The highest BCUT2D eigenvalue weighted by Gasteiger charge is 2.01. The summed E-state index contributed by atoms with van der Waals surface area (Å²) >= 11 is 0. The van der Waals surface area contributed by atoms with Gasteiger partial charge in [0.2, 0.25) is 0 Å². The first-order valence-corrected chi connectivity index (χ1v) is 6.93. The fourth-order valence-electron chi connectivity index (χ4n) is 1.84. The summed E-state index contributed by atoms with van der Waals surface area (Å²) in [5, 5.41) is 9.41. The maximum absolute atomic E-state index is 9.41. The van der Waals surface area contributed by atoms with E-state index in [-0.39, 0.29) is 0 Å². The molecule has 0 aliphatic rings. The zero-order valence-electron chi connectivity index (χ0n) is 11.7. The zero-order valence-corrected chi connectivity index (χ0v) is 11.7. The molecule has 0 saturated carbocycles. The molecule has 0 aliphatic carbocycles. The van der Waals surface area contributed by atoms with Gasteiger partial charge in [0, 0.05) is 6.42 Å². The van der Waals surface area contributed by atoms with E-state index in [4.69, 9.17) is 4.74 Å². The number of aliphatic hydroxyl groups excluding tert-OH is 1. The lowest BCUT2D eigenvalue weighted by Gasteiger charge is -2.11. The molecule has 1 unspecified atom stereocenters. The molecule has 2 aromatic carbocycles. The van der Waals surface area contributed by atoms with Crippen molar-refractivity contribution in [2.24, 2.45) is 0 Å². The Labute approximate surface area is 120 Å². The molecule has 0 fully saturated rings. The SMILES string of the molecule is CCC(O)Oc1ccc(CC=Cc2ccccc2)cc1. The molecule has 20 heavy (non-hydrogen) atoms. The van der Waals surface area contributed by atoms with Gasteiger partial charge in [0.25, 0.3) is 0 Å². The largest absolute Gasteiger partial charge is 0.465 e. The highest BCUT2D eigenvalue weighted by atomic mass is 16.6. The van der Waals surface area contributed by atoms with Gasteiger partial charge < -0.3 is 9.84 Å². The smallest absolute Gasteiger partial charge is 0.197 e. The van der Waals surface area contributed by atoms with Gasteiger partial charge in [-0.2, -0.15) is 0 Å². The van der Waals surface area contributed by atoms with Crippen LogP contribution in [0.3, 0.4) is 0 Å². The van der Waals surface area contributed by atoms with Crippen LogP contribution >= 0.6 is 0 Å². The molecule has 104 valence electrons. The van der Waals surface area contributed by atoms with Crippen molar-refractivity contribution in [2.45, 2.75) is 26.1 Å². The Morgan fingerprint density at radius 2 is 1.75 bits per heavy atom. The number of rotatable bonds is 6. The highest BCUT2D eigenvalue weighted by Crippen LogP contribution is 2.15. The highest BCUT2D eigenvalue weighted by molar-refractivity contribution is 5.49. The van der Waals surface area contributed by atoms with Crippen molar-refractivity contribution in [2.75, 3.05) is 0 Å². The lowest BCUT2D eigenvalue weighted by molar-refractivity contribution is -0.0191. The van der Waals surface area contributed by atoms with Crippen LogP contribution in [-0.4, -0.2) is 11.4 Å². The third-order valence-electron chi connectivity index (χ3n) is 3.01. The Morgan fingerprint density at radius 1 is 1.05 bits per heavy atom. The van der Waals surface area contributed by atoms with Crippen LogP contribution in [0.1, 0.15) is 24.5 Å². The number of hydrogen-bond acceptors (Lipinski definition) is 2. The van der Waals surface area contributed by atoms with Crippen LogP contribution in [0.2, 0.25) is 0 Å². The first-order valence-electron chi connectivity index (χ1n) is 6.93. The lowest BCUT2D eigenvalue weighted by atomic mass is 10.1. The summed E-state index contributed by atoms with van der Waals surface area (Å²) in [6.45, 7) is 1.88. The summed E-state index contributed by atoms with van der Waals surface area (Å²) in [6.07, 6.45) is 5.00. The maximum Gasteiger partial charge on any atom is 0.197 e. The van der Waals surface area contributed by atoms with E-state index in [1.807, 2.05) is 49.4 Å². The summed E-state index contributed by atoms with van der Waals surface area (Å²) in [5.74, 6) is 0.704. The monoisotopic (exact) mass is 268 g/mol. The van der Waals surface area contributed by atoms with E-state index < -0.39 is 6.29 Å². The molecule has 0 bridgehead atoms. The normalized spacial score (nSPS) is 12.5. The molecule has 2 rings (SSSR count). The molecule has 0 amide bonds. The summed E-state index contributed by atoms with van der Waals surface area (Å²) < 4.78 is 5.33. The van der Waals surface area contributed by atoms with Crippen LogP contribution in [0.4, 0.5) is 0 Å². The van der Waals surface area contributed by atoms with Crippen LogP contribution in [0.25, 0.3) is 6.08 Å². The van der Waals surface area contributed by atoms with Crippen LogP contribution in [0.5, 0.6) is 5.75 Å². The second-order valence-electron chi connectivity index (χ2n) is 4.64. The number of ether oxygens (including phenoxy) is 1. The average molecular weight is 268 g/mol. The first kappa shape index (κ1) is 14.4. The topological polar surface area (TPSA) is 29.5 Å². The second-order valence-corrected chi connectivity index (χ2v) is 4.64. The fraction of sp³-hybridized carbons (Fsp3) is 0.222. The molecule has 2 nitrogen and oxygen atoms in total. The van der Waals surface area contributed by atoms with Crippen LogP contribution in [0.15, 0.2) is 60.7 Å². The van der Waals surface area contributed by atoms with Gasteiger partial charge in [-0.1, -0.05) is 61.5 Å². The van der Waals surface area contributed by atoms with Crippen molar-refractivity contribution < 1.29 is 9.84 Å². The quantitative estimate of drug-likeness (QED) is 0.801. The van der Waals surface area contributed by atoms with Crippen molar-refractivity contribution in [3.63, 3.8) is 0 Å². The molecule has 2 aromatic rings. The molecule has 0 spiro atoms. The third-order valence-corrected chi connectivity index (χ3v) is 3.01. The number of aliphatic hydroxyl groups is 1. The van der Waals surface area contributed by atoms with Crippen LogP contribution in [-0.2, 0) is 6.42 Å². The predicted octanol–water partition coefficient (Wildman–Crippen LogP) is 4.05. The maximum atomic E-state index is 9.41. The van der Waals surface area contributed by atoms with Gasteiger partial charge in [-0.15, -0.1) is 0 Å². The van der Waals surface area contributed by atoms with Gasteiger partial charge >= 0.3 is 0 Å². The van der Waals surface area contributed by atoms with Gasteiger partial charge in [-0.3, -0.25) is 0 Å². The van der Waals surface area contributed by atoms with E-state index in [1.54, 1.807) is 0 Å². The van der Waals surface area contributed by atoms with Crippen molar-refractivity contribution in [1.29, 1.82) is 0 Å². The zero-order chi connectivity index (χ0) is 14.2. The molecule has 0 radical (unpaired) electrons. The van der Waals surface area contributed by atoms with E-state index >= 15 is 0 Å². The van der Waals surface area contributed by atoms with Crippen molar-refractivity contribution in [1.82, 2.24) is 0 Å². The molecule has 2 heteroatoms. The number of hydrogen-bond donors (Lipinski definition) is 1. The first-order chi connectivity index (χ1) is 9.78. The van der Waals surface area contributed by atoms with Crippen molar-refractivity contribution >= 4 is 6.08 Å². The van der Waals surface area contributed by atoms with E-state index in [9.17, 15) is 5.11 Å². The summed E-state index contributed by atoms with van der Waals surface area (Å²) in [4.78, 5) is 0. The number of benzene rings is 2. The van der Waals surface area contributed by atoms with Crippen molar-refractivity contribution in [3.05, 3.63) is 71.8 Å². The minimum atomic E-state index is -0.723. The van der Waals surface area contributed by atoms with Crippen LogP contribution in [0, 0.1) is 0 Å². The molecule has 1 atom stereocenters. The summed E-state index contributed by atoms with van der Waals surface area (Å²) in [6, 6.07) is 18.1. The Morgan fingerprint density at radius 3 is 2.40 bits per heavy atom. The Kier molecular flexibility index (Phi) is 5.39. The van der Waals surface area contributed by atoms with E-state index in [1.165, 1.54) is 11.1 Å². The van der Waals surface area contributed by atoms with Gasteiger partial charge in [-0.25, -0.2) is 0 Å². The molecular formula is C18H20O2. The minimum Gasteiger partial charge on any atom is -0.465 e. The molecule has 0 aliphatic heterocycles. The van der Waals surface area contributed by atoms with E-state index in [2.05, 4.69) is 24.3 Å². The van der Waals surface area contributed by atoms with E-state index in [0.717, 1.165) is 6.42 Å². The van der Waals surface area contributed by atoms with Gasteiger partial charge in [-0.05, 0) is 29.7 Å². The standard InChI is InChI=1S/C18H20O2/c1-2-18(19)20-17-13-11-16(12-14-17)10-6-9-15-7-4-3-5-8-15/h3-9,11-14,18-19H,2,10H2,1H3. The Balaban J connectivity index is 1.89. The predicted molar refractivity (Wildman–Crippen MR) is 82.5 cm³/mol. The second kappa shape index (κ2) is 7.51. The lowest BCUT2D eigenvalue weighted by Crippen LogP contribution is -2.13. The molecular weight excluding hydrogens is 248 g/mol. The average Bonchev–Trinajstić information content (AvgIpc) is 2.50. The number of allylic oxidation sites excluding steroid dienone is 1.